The first-order chi connectivity index (χ1) is 15.1. The van der Waals surface area contributed by atoms with Crippen molar-refractivity contribution in [1.29, 1.82) is 0 Å². The van der Waals surface area contributed by atoms with E-state index in [1.54, 1.807) is 32.4 Å². The molecule has 0 N–H and O–H groups in total. The van der Waals surface area contributed by atoms with E-state index in [-0.39, 0.29) is 11.9 Å². The molecule has 2 aromatic carbocycles. The zero-order chi connectivity index (χ0) is 21.8. The standard InChI is InChI=1S/C23H26N4O4/c1-16(22-24-21(25-31-22)17-7-5-4-6-8-17)26-11-13-27(14-12-26)23(28)18-9-10-19(29-2)20(15-18)30-3/h4-10,15-16H,11-14H2,1-3H3. The fraction of sp³-hybridized carbons (Fsp3) is 0.348. The number of aromatic nitrogens is 2. The van der Waals surface area contributed by atoms with Gasteiger partial charge in [-0.1, -0.05) is 35.5 Å². The Labute approximate surface area is 181 Å². The van der Waals surface area contributed by atoms with Gasteiger partial charge in [-0.05, 0) is 25.1 Å². The van der Waals surface area contributed by atoms with Gasteiger partial charge in [-0.15, -0.1) is 0 Å². The molecule has 0 bridgehead atoms. The Kier molecular flexibility index (Phi) is 6.18. The van der Waals surface area contributed by atoms with Crippen LogP contribution >= 0.6 is 0 Å². The zero-order valence-electron chi connectivity index (χ0n) is 17.9. The van der Waals surface area contributed by atoms with Crippen molar-refractivity contribution >= 4 is 5.91 Å². The summed E-state index contributed by atoms with van der Waals surface area (Å²) in [7, 11) is 3.14. The van der Waals surface area contributed by atoms with Crippen LogP contribution in [0.3, 0.4) is 0 Å². The molecule has 1 atom stereocenters. The van der Waals surface area contributed by atoms with Gasteiger partial charge >= 0.3 is 0 Å². The van der Waals surface area contributed by atoms with Crippen molar-refractivity contribution in [2.45, 2.75) is 13.0 Å². The molecule has 1 fully saturated rings. The number of ether oxygens (including phenoxy) is 2. The van der Waals surface area contributed by atoms with Crippen LogP contribution in [0.25, 0.3) is 11.4 Å². The van der Waals surface area contributed by atoms with E-state index in [1.807, 2.05) is 42.2 Å². The van der Waals surface area contributed by atoms with Gasteiger partial charge in [-0.2, -0.15) is 4.98 Å². The Bertz CT molecular complexity index is 1030. The highest BCUT2D eigenvalue weighted by atomic mass is 16.5. The molecule has 1 aromatic heterocycles. The summed E-state index contributed by atoms with van der Waals surface area (Å²) in [5.41, 5.74) is 1.51. The van der Waals surface area contributed by atoms with Crippen LogP contribution in [0.4, 0.5) is 0 Å². The molecule has 0 saturated carbocycles. The molecule has 1 saturated heterocycles. The molecule has 1 aliphatic rings. The van der Waals surface area contributed by atoms with Crippen LogP contribution in [0.5, 0.6) is 11.5 Å². The second-order valence-corrected chi connectivity index (χ2v) is 7.40. The highest BCUT2D eigenvalue weighted by molar-refractivity contribution is 5.95. The topological polar surface area (TPSA) is 80.9 Å². The van der Waals surface area contributed by atoms with E-state index < -0.39 is 0 Å². The number of benzene rings is 2. The monoisotopic (exact) mass is 422 g/mol. The van der Waals surface area contributed by atoms with Gasteiger partial charge < -0.3 is 18.9 Å². The maximum absolute atomic E-state index is 12.9. The first kappa shape index (κ1) is 20.9. The summed E-state index contributed by atoms with van der Waals surface area (Å²) in [5, 5.41) is 4.12. The molecule has 1 unspecified atom stereocenters. The van der Waals surface area contributed by atoms with Gasteiger partial charge in [0.25, 0.3) is 5.91 Å². The van der Waals surface area contributed by atoms with Crippen molar-refractivity contribution in [3.05, 3.63) is 60.0 Å². The highest BCUT2D eigenvalue weighted by Gasteiger charge is 2.28. The predicted molar refractivity (Wildman–Crippen MR) is 115 cm³/mol. The van der Waals surface area contributed by atoms with E-state index in [9.17, 15) is 4.79 Å². The fourth-order valence-corrected chi connectivity index (χ4v) is 3.73. The summed E-state index contributed by atoms with van der Waals surface area (Å²) >= 11 is 0. The van der Waals surface area contributed by atoms with Crippen LogP contribution in [-0.4, -0.2) is 66.2 Å². The fourth-order valence-electron chi connectivity index (χ4n) is 3.73. The van der Waals surface area contributed by atoms with E-state index in [0.717, 1.165) is 18.7 Å². The molecule has 8 nitrogen and oxygen atoms in total. The van der Waals surface area contributed by atoms with Gasteiger partial charge in [0.15, 0.2) is 11.5 Å². The van der Waals surface area contributed by atoms with Crippen molar-refractivity contribution in [2.24, 2.45) is 0 Å². The number of hydrogen-bond acceptors (Lipinski definition) is 7. The van der Waals surface area contributed by atoms with Crippen LogP contribution in [-0.2, 0) is 0 Å². The molecule has 0 radical (unpaired) electrons. The third-order valence-electron chi connectivity index (χ3n) is 5.61. The minimum atomic E-state index is -0.0247. The first-order valence-corrected chi connectivity index (χ1v) is 10.2. The van der Waals surface area contributed by atoms with Crippen LogP contribution in [0.1, 0.15) is 29.2 Å². The quantitative estimate of drug-likeness (QED) is 0.603. The molecular weight excluding hydrogens is 396 g/mol. The highest BCUT2D eigenvalue weighted by Crippen LogP contribution is 2.29. The molecule has 3 aromatic rings. The maximum Gasteiger partial charge on any atom is 0.254 e. The summed E-state index contributed by atoms with van der Waals surface area (Å²) in [5.74, 6) is 2.30. The normalized spacial score (nSPS) is 15.5. The number of methoxy groups -OCH3 is 2. The van der Waals surface area contributed by atoms with Gasteiger partial charge in [0.1, 0.15) is 0 Å². The van der Waals surface area contributed by atoms with Gasteiger partial charge in [0.2, 0.25) is 11.7 Å². The average molecular weight is 422 g/mol. The minimum absolute atomic E-state index is 0.0163. The Morgan fingerprint density at radius 2 is 1.71 bits per heavy atom. The van der Waals surface area contributed by atoms with Crippen molar-refractivity contribution in [1.82, 2.24) is 19.9 Å². The maximum atomic E-state index is 12.9. The molecule has 1 aliphatic heterocycles. The third kappa shape index (κ3) is 4.39. The zero-order valence-corrected chi connectivity index (χ0v) is 17.9. The Balaban J connectivity index is 1.38. The summed E-state index contributed by atoms with van der Waals surface area (Å²) in [6.07, 6.45) is 0. The van der Waals surface area contributed by atoms with Gasteiger partial charge in [0, 0.05) is 37.3 Å². The minimum Gasteiger partial charge on any atom is -0.493 e. The molecule has 162 valence electrons. The summed E-state index contributed by atoms with van der Waals surface area (Å²) in [6, 6.07) is 15.0. The van der Waals surface area contributed by atoms with E-state index >= 15 is 0 Å². The number of nitrogens with zero attached hydrogens (tertiary/aromatic N) is 4. The molecule has 4 rings (SSSR count). The smallest absolute Gasteiger partial charge is 0.254 e. The largest absolute Gasteiger partial charge is 0.493 e. The lowest BCUT2D eigenvalue weighted by molar-refractivity contribution is 0.0551. The average Bonchev–Trinajstić information content (AvgIpc) is 3.33. The number of carbonyl (C=O) groups is 1. The lowest BCUT2D eigenvalue weighted by Gasteiger charge is -2.36. The summed E-state index contributed by atoms with van der Waals surface area (Å²) in [6.45, 7) is 4.75. The summed E-state index contributed by atoms with van der Waals surface area (Å²) in [4.78, 5) is 21.6. The molecule has 2 heterocycles. The van der Waals surface area contributed by atoms with Gasteiger partial charge in [-0.25, -0.2) is 0 Å². The second-order valence-electron chi connectivity index (χ2n) is 7.40. The molecule has 31 heavy (non-hydrogen) atoms. The lowest BCUT2D eigenvalue weighted by Crippen LogP contribution is -2.49. The predicted octanol–water partition coefficient (Wildman–Crippen LogP) is 3.27. The van der Waals surface area contributed by atoms with Crippen LogP contribution in [0, 0.1) is 0 Å². The molecule has 1 amide bonds. The Hall–Kier alpha value is -3.39. The van der Waals surface area contributed by atoms with E-state index in [2.05, 4.69) is 15.0 Å². The number of rotatable bonds is 6. The third-order valence-corrected chi connectivity index (χ3v) is 5.61. The van der Waals surface area contributed by atoms with Crippen molar-refractivity contribution in [2.75, 3.05) is 40.4 Å². The van der Waals surface area contributed by atoms with E-state index in [4.69, 9.17) is 14.0 Å². The van der Waals surface area contributed by atoms with Crippen molar-refractivity contribution in [3.8, 4) is 22.9 Å². The van der Waals surface area contributed by atoms with Gasteiger partial charge in [-0.3, -0.25) is 9.69 Å². The Morgan fingerprint density at radius 3 is 2.39 bits per heavy atom. The molecule has 8 heteroatoms. The van der Waals surface area contributed by atoms with Crippen LogP contribution in [0.15, 0.2) is 53.1 Å². The number of carbonyl (C=O) groups excluding carboxylic acids is 1. The van der Waals surface area contributed by atoms with Gasteiger partial charge in [0.05, 0.1) is 20.3 Å². The second kappa shape index (κ2) is 9.18. The van der Waals surface area contributed by atoms with Crippen LogP contribution < -0.4 is 9.47 Å². The number of piperazine rings is 1. The van der Waals surface area contributed by atoms with Crippen molar-refractivity contribution < 1.29 is 18.8 Å². The number of hydrogen-bond donors (Lipinski definition) is 0. The molecule has 0 spiro atoms. The molecule has 0 aliphatic carbocycles. The first-order valence-electron chi connectivity index (χ1n) is 10.2. The number of amides is 1. The lowest BCUT2D eigenvalue weighted by atomic mass is 10.1. The van der Waals surface area contributed by atoms with Crippen molar-refractivity contribution in [3.63, 3.8) is 0 Å². The summed E-state index contributed by atoms with van der Waals surface area (Å²) < 4.78 is 16.1. The molecular formula is C23H26N4O4. The SMILES string of the molecule is COc1ccc(C(=O)N2CCN(C(C)c3nc(-c4ccccc4)no3)CC2)cc1OC. The van der Waals surface area contributed by atoms with E-state index in [0.29, 0.717) is 41.9 Å². The van der Waals surface area contributed by atoms with E-state index in [1.165, 1.54) is 0 Å². The Morgan fingerprint density at radius 1 is 1.00 bits per heavy atom. The van der Waals surface area contributed by atoms with Crippen LogP contribution in [0.2, 0.25) is 0 Å².